The number of carbonyl (C=O) groups excluding carboxylic acids is 1. The number of nitrogen functional groups attached to an aromatic ring is 1. The van der Waals surface area contributed by atoms with Crippen LogP contribution in [0.25, 0.3) is 11.1 Å². The summed E-state index contributed by atoms with van der Waals surface area (Å²) in [7, 11) is 0. The number of rotatable bonds is 5. The maximum atomic E-state index is 10.8. The molecule has 0 atom stereocenters. The third-order valence-electron chi connectivity index (χ3n) is 3.30. The van der Waals surface area contributed by atoms with Crippen LogP contribution in [0.4, 0.5) is 5.82 Å². The van der Waals surface area contributed by atoms with Crippen LogP contribution in [0.2, 0.25) is 0 Å². The molecule has 1 aromatic carbocycles. The Labute approximate surface area is 134 Å². The Balaban J connectivity index is 2.50. The van der Waals surface area contributed by atoms with Crippen molar-refractivity contribution in [3.63, 3.8) is 0 Å². The molecule has 0 aliphatic carbocycles. The van der Waals surface area contributed by atoms with Gasteiger partial charge in [0, 0.05) is 11.3 Å². The molecule has 1 amide bonds. The molecule has 0 saturated carbocycles. The van der Waals surface area contributed by atoms with Crippen molar-refractivity contribution in [2.24, 2.45) is 5.73 Å². The van der Waals surface area contributed by atoms with Gasteiger partial charge in [-0.05, 0) is 29.7 Å². The first-order valence-corrected chi connectivity index (χ1v) is 7.14. The largest absolute Gasteiger partial charge is 0.484 e. The summed E-state index contributed by atoms with van der Waals surface area (Å²) >= 11 is 0. The predicted molar refractivity (Wildman–Crippen MR) is 87.6 cm³/mol. The van der Waals surface area contributed by atoms with Crippen molar-refractivity contribution in [1.29, 1.82) is 5.26 Å². The van der Waals surface area contributed by atoms with Crippen LogP contribution in [0, 0.1) is 11.3 Å². The van der Waals surface area contributed by atoms with E-state index in [1.165, 1.54) is 0 Å². The van der Waals surface area contributed by atoms with E-state index in [0.29, 0.717) is 16.9 Å². The molecular formula is C17H18N4O2. The van der Waals surface area contributed by atoms with Gasteiger partial charge in [0.25, 0.3) is 5.91 Å². The third-order valence-corrected chi connectivity index (χ3v) is 3.30. The van der Waals surface area contributed by atoms with Crippen LogP contribution >= 0.6 is 0 Å². The van der Waals surface area contributed by atoms with E-state index >= 15 is 0 Å². The first-order chi connectivity index (χ1) is 10.9. The lowest BCUT2D eigenvalue weighted by Crippen LogP contribution is -2.19. The molecule has 0 aliphatic rings. The van der Waals surface area contributed by atoms with E-state index in [4.69, 9.17) is 16.2 Å². The number of anilines is 1. The Bertz CT molecular complexity index is 779. The number of carbonyl (C=O) groups is 1. The van der Waals surface area contributed by atoms with Gasteiger partial charge in [0.1, 0.15) is 23.2 Å². The number of primary amides is 1. The lowest BCUT2D eigenvalue weighted by Gasteiger charge is -2.13. The minimum atomic E-state index is -0.552. The van der Waals surface area contributed by atoms with Crippen LogP contribution in [0.5, 0.6) is 5.75 Å². The van der Waals surface area contributed by atoms with Gasteiger partial charge in [-0.3, -0.25) is 4.79 Å². The van der Waals surface area contributed by atoms with E-state index < -0.39 is 5.91 Å². The molecule has 23 heavy (non-hydrogen) atoms. The molecule has 4 N–H and O–H groups in total. The van der Waals surface area contributed by atoms with Gasteiger partial charge in [-0.15, -0.1) is 0 Å². The predicted octanol–water partition coefficient (Wildman–Crippen LogP) is 2.19. The normalized spacial score (nSPS) is 10.3. The average molecular weight is 310 g/mol. The zero-order valence-corrected chi connectivity index (χ0v) is 13.0. The number of nitriles is 1. The van der Waals surface area contributed by atoms with Gasteiger partial charge in [-0.2, -0.15) is 5.26 Å². The number of benzene rings is 1. The van der Waals surface area contributed by atoms with Gasteiger partial charge >= 0.3 is 0 Å². The second kappa shape index (κ2) is 6.79. The molecule has 0 unspecified atom stereocenters. The summed E-state index contributed by atoms with van der Waals surface area (Å²) in [5.41, 5.74) is 13.6. The number of ether oxygens (including phenoxy) is 1. The summed E-state index contributed by atoms with van der Waals surface area (Å²) < 4.78 is 5.31. The summed E-state index contributed by atoms with van der Waals surface area (Å²) in [6.07, 6.45) is 0. The Morgan fingerprint density at radius 1 is 1.39 bits per heavy atom. The fraction of sp³-hybridized carbons (Fsp3) is 0.235. The molecule has 2 aromatic rings. The van der Waals surface area contributed by atoms with Crippen molar-refractivity contribution in [2.45, 2.75) is 19.8 Å². The van der Waals surface area contributed by atoms with Gasteiger partial charge in [0.15, 0.2) is 6.61 Å². The molecule has 0 bridgehead atoms. The number of nitrogens with zero attached hydrogens (tertiary/aromatic N) is 2. The zero-order chi connectivity index (χ0) is 17.0. The van der Waals surface area contributed by atoms with Crippen LogP contribution in [-0.4, -0.2) is 17.5 Å². The quantitative estimate of drug-likeness (QED) is 0.878. The molecule has 2 rings (SSSR count). The fourth-order valence-electron chi connectivity index (χ4n) is 2.13. The highest BCUT2D eigenvalue weighted by Crippen LogP contribution is 2.31. The maximum absolute atomic E-state index is 10.8. The lowest BCUT2D eigenvalue weighted by atomic mass is 9.97. The monoisotopic (exact) mass is 310 g/mol. The Morgan fingerprint density at radius 2 is 2.13 bits per heavy atom. The van der Waals surface area contributed by atoms with Gasteiger partial charge in [0.2, 0.25) is 0 Å². The van der Waals surface area contributed by atoms with Crippen molar-refractivity contribution in [2.75, 3.05) is 12.3 Å². The van der Waals surface area contributed by atoms with Crippen molar-refractivity contribution in [1.82, 2.24) is 4.98 Å². The molecule has 1 heterocycles. The molecule has 0 fully saturated rings. The maximum Gasteiger partial charge on any atom is 0.255 e. The second-order valence-corrected chi connectivity index (χ2v) is 5.40. The lowest BCUT2D eigenvalue weighted by molar-refractivity contribution is -0.119. The highest BCUT2D eigenvalue weighted by Gasteiger charge is 2.14. The molecule has 0 spiro atoms. The average Bonchev–Trinajstić information content (AvgIpc) is 2.52. The minimum Gasteiger partial charge on any atom is -0.484 e. The third kappa shape index (κ3) is 3.77. The van der Waals surface area contributed by atoms with E-state index in [-0.39, 0.29) is 18.3 Å². The van der Waals surface area contributed by atoms with Gasteiger partial charge in [-0.1, -0.05) is 26.0 Å². The molecule has 0 aliphatic heterocycles. The smallest absolute Gasteiger partial charge is 0.255 e. The standard InChI is InChI=1S/C17H18N4O2/c1-10(2)15-7-13(14(8-18)17(20)21-15)11-4-3-5-12(6-11)23-9-16(19)22/h3-7,10H,9H2,1-2H3,(H2,19,22)(H2,20,21). The van der Waals surface area contributed by atoms with Gasteiger partial charge < -0.3 is 16.2 Å². The van der Waals surface area contributed by atoms with Crippen LogP contribution in [0.3, 0.4) is 0 Å². The molecule has 1 aromatic heterocycles. The Hall–Kier alpha value is -3.07. The number of aromatic nitrogens is 1. The first-order valence-electron chi connectivity index (χ1n) is 7.14. The van der Waals surface area contributed by atoms with Gasteiger partial charge in [-0.25, -0.2) is 4.98 Å². The minimum absolute atomic E-state index is 0.179. The van der Waals surface area contributed by atoms with Crippen molar-refractivity contribution < 1.29 is 9.53 Å². The molecule has 118 valence electrons. The molecule has 0 radical (unpaired) electrons. The summed E-state index contributed by atoms with van der Waals surface area (Å²) in [6, 6.07) is 11.0. The van der Waals surface area contributed by atoms with Crippen LogP contribution < -0.4 is 16.2 Å². The number of pyridine rings is 1. The van der Waals surface area contributed by atoms with E-state index in [1.807, 2.05) is 26.0 Å². The Morgan fingerprint density at radius 3 is 2.74 bits per heavy atom. The van der Waals surface area contributed by atoms with Crippen molar-refractivity contribution in [3.05, 3.63) is 41.6 Å². The summed E-state index contributed by atoms with van der Waals surface area (Å²) in [5.74, 6) is 0.324. The fourth-order valence-corrected chi connectivity index (χ4v) is 2.13. The van der Waals surface area contributed by atoms with Crippen LogP contribution in [0.1, 0.15) is 31.0 Å². The summed E-state index contributed by atoms with van der Waals surface area (Å²) in [4.78, 5) is 15.1. The highest BCUT2D eigenvalue weighted by atomic mass is 16.5. The van der Waals surface area contributed by atoms with Gasteiger partial charge in [0.05, 0.1) is 0 Å². The van der Waals surface area contributed by atoms with E-state index in [2.05, 4.69) is 11.1 Å². The van der Waals surface area contributed by atoms with Crippen molar-refractivity contribution in [3.8, 4) is 22.9 Å². The zero-order valence-electron chi connectivity index (χ0n) is 13.0. The van der Waals surface area contributed by atoms with Crippen molar-refractivity contribution >= 4 is 11.7 Å². The molecular weight excluding hydrogens is 292 g/mol. The summed E-state index contributed by atoms with van der Waals surface area (Å²) in [6.45, 7) is 3.80. The van der Waals surface area contributed by atoms with Crippen LogP contribution in [-0.2, 0) is 4.79 Å². The molecule has 6 heteroatoms. The first kappa shape index (κ1) is 16.3. The number of hydrogen-bond donors (Lipinski definition) is 2. The van der Waals surface area contributed by atoms with E-state index in [9.17, 15) is 10.1 Å². The molecule has 0 saturated heterocycles. The molecule has 6 nitrogen and oxygen atoms in total. The number of hydrogen-bond acceptors (Lipinski definition) is 5. The summed E-state index contributed by atoms with van der Waals surface area (Å²) in [5, 5.41) is 9.37. The topological polar surface area (TPSA) is 115 Å². The second-order valence-electron chi connectivity index (χ2n) is 5.40. The van der Waals surface area contributed by atoms with E-state index in [0.717, 1.165) is 11.3 Å². The SMILES string of the molecule is CC(C)c1cc(-c2cccc(OCC(N)=O)c2)c(C#N)c(N)n1. The Kier molecular flexibility index (Phi) is 4.82. The number of nitrogens with two attached hydrogens (primary N) is 2. The van der Waals surface area contributed by atoms with E-state index in [1.54, 1.807) is 18.2 Å². The number of amides is 1. The van der Waals surface area contributed by atoms with Crippen LogP contribution in [0.15, 0.2) is 30.3 Å². The highest BCUT2D eigenvalue weighted by molar-refractivity contribution is 5.77.